The van der Waals surface area contributed by atoms with Gasteiger partial charge in [0.05, 0.1) is 5.02 Å². The van der Waals surface area contributed by atoms with E-state index in [0.717, 1.165) is 16.5 Å². The number of benzene rings is 1. The summed E-state index contributed by atoms with van der Waals surface area (Å²) in [6.07, 6.45) is 1.86. The molecule has 0 bridgehead atoms. The summed E-state index contributed by atoms with van der Waals surface area (Å²) in [6.45, 7) is 5.20. The first-order chi connectivity index (χ1) is 9.47. The van der Waals surface area contributed by atoms with Crippen molar-refractivity contribution in [3.8, 4) is 0 Å². The van der Waals surface area contributed by atoms with Gasteiger partial charge in [0.15, 0.2) is 0 Å². The second-order valence-corrected chi connectivity index (χ2v) is 7.17. The van der Waals surface area contributed by atoms with E-state index in [-0.39, 0.29) is 5.54 Å². The van der Waals surface area contributed by atoms with Crippen molar-refractivity contribution < 1.29 is 0 Å². The first-order valence-electron chi connectivity index (χ1n) is 6.34. The summed E-state index contributed by atoms with van der Waals surface area (Å²) in [4.78, 5) is 5.48. The van der Waals surface area contributed by atoms with Crippen LogP contribution in [0.3, 0.4) is 0 Å². The molecule has 104 valence electrons. The normalized spacial score (nSPS) is 16.2. The van der Waals surface area contributed by atoms with Gasteiger partial charge in [-0.25, -0.2) is 4.98 Å². The van der Waals surface area contributed by atoms with Gasteiger partial charge in [-0.1, -0.05) is 35.0 Å². The van der Waals surface area contributed by atoms with E-state index in [4.69, 9.17) is 23.2 Å². The van der Waals surface area contributed by atoms with Crippen LogP contribution in [-0.2, 0) is 12.1 Å². The van der Waals surface area contributed by atoms with Gasteiger partial charge in [0.25, 0.3) is 0 Å². The number of halogens is 2. The van der Waals surface area contributed by atoms with Crippen LogP contribution in [0, 0.1) is 0 Å². The van der Waals surface area contributed by atoms with Crippen molar-refractivity contribution in [3.05, 3.63) is 51.6 Å². The zero-order valence-corrected chi connectivity index (χ0v) is 13.5. The fourth-order valence-corrected chi connectivity index (χ4v) is 3.83. The van der Waals surface area contributed by atoms with Gasteiger partial charge in [-0.2, -0.15) is 0 Å². The molecule has 0 unspecified atom stereocenters. The molecule has 0 radical (unpaired) electrons. The molecule has 0 fully saturated rings. The lowest BCUT2D eigenvalue weighted by molar-refractivity contribution is 0.442. The fourth-order valence-electron chi connectivity index (χ4n) is 2.38. The molecule has 1 N–H and O–H groups in total. The maximum absolute atomic E-state index is 6.24. The summed E-state index contributed by atoms with van der Waals surface area (Å²) in [5.74, 6) is 0. The van der Waals surface area contributed by atoms with Crippen LogP contribution in [0.15, 0.2) is 40.4 Å². The molecule has 0 spiro atoms. The van der Waals surface area contributed by atoms with Crippen molar-refractivity contribution in [1.29, 1.82) is 0 Å². The van der Waals surface area contributed by atoms with Gasteiger partial charge >= 0.3 is 0 Å². The summed E-state index contributed by atoms with van der Waals surface area (Å²) >= 11 is 13.8. The molecule has 20 heavy (non-hydrogen) atoms. The lowest BCUT2D eigenvalue weighted by Crippen LogP contribution is -2.28. The minimum atomic E-state index is -0.00261. The SMILES string of the molecule is CC1(C)NCc2c1ccnc2Sc1ccc(Cl)cc1Cl. The Morgan fingerprint density at radius 3 is 2.80 bits per heavy atom. The van der Waals surface area contributed by atoms with Gasteiger partial charge in [-0.3, -0.25) is 0 Å². The van der Waals surface area contributed by atoms with Crippen molar-refractivity contribution in [2.75, 3.05) is 0 Å². The van der Waals surface area contributed by atoms with E-state index in [9.17, 15) is 0 Å². The molecule has 0 aliphatic carbocycles. The van der Waals surface area contributed by atoms with Crippen LogP contribution in [0.4, 0.5) is 0 Å². The van der Waals surface area contributed by atoms with E-state index in [1.165, 1.54) is 11.1 Å². The Kier molecular flexibility index (Phi) is 3.71. The van der Waals surface area contributed by atoms with Crippen LogP contribution in [0.1, 0.15) is 25.0 Å². The Hall–Kier alpha value is -0.740. The third-order valence-electron chi connectivity index (χ3n) is 3.50. The molecular formula is C15H14Cl2N2S. The number of nitrogens with one attached hydrogen (secondary N) is 1. The molecule has 2 nitrogen and oxygen atoms in total. The topological polar surface area (TPSA) is 24.9 Å². The van der Waals surface area contributed by atoms with Gasteiger partial charge in [0, 0.05) is 33.8 Å². The lowest BCUT2D eigenvalue weighted by Gasteiger charge is -2.19. The lowest BCUT2D eigenvalue weighted by atomic mass is 9.96. The van der Waals surface area contributed by atoms with Gasteiger partial charge in [0.2, 0.25) is 0 Å². The number of hydrogen-bond acceptors (Lipinski definition) is 3. The smallest absolute Gasteiger partial charge is 0.106 e. The van der Waals surface area contributed by atoms with E-state index in [2.05, 4.69) is 30.2 Å². The Bertz CT molecular complexity index is 671. The molecule has 1 aromatic carbocycles. The highest BCUT2D eigenvalue weighted by molar-refractivity contribution is 7.99. The first-order valence-corrected chi connectivity index (χ1v) is 7.91. The van der Waals surface area contributed by atoms with E-state index in [0.29, 0.717) is 10.0 Å². The molecule has 2 aromatic rings. The number of pyridine rings is 1. The average Bonchev–Trinajstić information content (AvgIpc) is 2.70. The minimum Gasteiger partial charge on any atom is -0.304 e. The maximum atomic E-state index is 6.24. The molecule has 3 rings (SSSR count). The third kappa shape index (κ3) is 2.56. The summed E-state index contributed by atoms with van der Waals surface area (Å²) in [5, 5.41) is 5.81. The Morgan fingerprint density at radius 2 is 2.05 bits per heavy atom. The van der Waals surface area contributed by atoms with E-state index >= 15 is 0 Å². The van der Waals surface area contributed by atoms with Crippen LogP contribution in [0.5, 0.6) is 0 Å². The molecule has 1 aromatic heterocycles. The van der Waals surface area contributed by atoms with Crippen LogP contribution < -0.4 is 5.32 Å². The maximum Gasteiger partial charge on any atom is 0.106 e. The first kappa shape index (κ1) is 14.2. The average molecular weight is 325 g/mol. The predicted octanol–water partition coefficient (Wildman–Crippen LogP) is 4.88. The highest BCUT2D eigenvalue weighted by Crippen LogP contribution is 2.40. The summed E-state index contributed by atoms with van der Waals surface area (Å²) in [5.41, 5.74) is 2.56. The molecule has 1 aliphatic rings. The van der Waals surface area contributed by atoms with Crippen LogP contribution in [-0.4, -0.2) is 4.98 Å². The van der Waals surface area contributed by atoms with Gasteiger partial charge in [-0.05, 0) is 43.7 Å². The highest BCUT2D eigenvalue weighted by Gasteiger charge is 2.31. The van der Waals surface area contributed by atoms with Crippen molar-refractivity contribution >= 4 is 35.0 Å². The molecule has 5 heteroatoms. The quantitative estimate of drug-likeness (QED) is 0.852. The Balaban J connectivity index is 1.99. The number of rotatable bonds is 2. The van der Waals surface area contributed by atoms with Crippen molar-refractivity contribution in [2.24, 2.45) is 0 Å². The fraction of sp³-hybridized carbons (Fsp3) is 0.267. The van der Waals surface area contributed by atoms with Gasteiger partial charge < -0.3 is 5.32 Å². The standard InChI is InChI=1S/C15H14Cl2N2S/c1-15(2)11-5-6-18-14(10(11)8-19-15)20-13-4-3-9(16)7-12(13)17/h3-7,19H,8H2,1-2H3. The van der Waals surface area contributed by atoms with Crippen molar-refractivity contribution in [3.63, 3.8) is 0 Å². The molecular weight excluding hydrogens is 311 g/mol. The molecule has 0 amide bonds. The third-order valence-corrected chi connectivity index (χ3v) is 5.28. The zero-order chi connectivity index (χ0) is 14.3. The van der Waals surface area contributed by atoms with Crippen molar-refractivity contribution in [2.45, 2.75) is 35.9 Å². The minimum absolute atomic E-state index is 0.00261. The van der Waals surface area contributed by atoms with Crippen LogP contribution in [0.25, 0.3) is 0 Å². The van der Waals surface area contributed by atoms with Crippen molar-refractivity contribution in [1.82, 2.24) is 10.3 Å². The molecule has 0 saturated carbocycles. The summed E-state index contributed by atoms with van der Waals surface area (Å²) < 4.78 is 0. The zero-order valence-electron chi connectivity index (χ0n) is 11.2. The molecule has 0 atom stereocenters. The second kappa shape index (κ2) is 5.23. The van der Waals surface area contributed by atoms with Gasteiger partial charge in [0.1, 0.15) is 5.03 Å². The Labute approximate surface area is 132 Å². The number of fused-ring (bicyclic) bond motifs is 1. The van der Waals surface area contributed by atoms with E-state index < -0.39 is 0 Å². The molecule has 0 saturated heterocycles. The van der Waals surface area contributed by atoms with Crippen LogP contribution in [0.2, 0.25) is 10.0 Å². The largest absolute Gasteiger partial charge is 0.304 e. The van der Waals surface area contributed by atoms with Crippen LogP contribution >= 0.6 is 35.0 Å². The molecule has 1 aliphatic heterocycles. The monoisotopic (exact) mass is 324 g/mol. The molecule has 2 heterocycles. The van der Waals surface area contributed by atoms with E-state index in [1.54, 1.807) is 17.8 Å². The van der Waals surface area contributed by atoms with Gasteiger partial charge in [-0.15, -0.1) is 0 Å². The summed E-state index contributed by atoms with van der Waals surface area (Å²) in [7, 11) is 0. The summed E-state index contributed by atoms with van der Waals surface area (Å²) in [6, 6.07) is 7.63. The highest BCUT2D eigenvalue weighted by atomic mass is 35.5. The second-order valence-electron chi connectivity index (χ2n) is 5.30. The Morgan fingerprint density at radius 1 is 1.25 bits per heavy atom. The number of hydrogen-bond donors (Lipinski definition) is 1. The number of aromatic nitrogens is 1. The predicted molar refractivity (Wildman–Crippen MR) is 84.7 cm³/mol. The number of nitrogens with zero attached hydrogens (tertiary/aromatic N) is 1. The van der Waals surface area contributed by atoms with E-state index in [1.807, 2.05) is 18.3 Å².